The number of amides is 1. The monoisotopic (exact) mass is 367 g/mol. The van der Waals surface area contributed by atoms with Gasteiger partial charge in [-0.15, -0.1) is 0 Å². The van der Waals surface area contributed by atoms with E-state index >= 15 is 0 Å². The molecule has 0 aliphatic rings. The molecule has 4 nitrogen and oxygen atoms in total. The number of ether oxygens (including phenoxy) is 2. The standard InChI is InChI=1S/C21H18ClNO3/c22-17-8-6-7-16(15-17)21(24)23-19-11-4-5-12-20(19)26-14-13-25-18-9-2-1-3-10-18/h1-12,15H,13-14H2,(H,23,24). The van der Waals surface area contributed by atoms with E-state index in [0.29, 0.717) is 35.2 Å². The molecule has 0 saturated heterocycles. The summed E-state index contributed by atoms with van der Waals surface area (Å²) in [7, 11) is 0. The topological polar surface area (TPSA) is 47.6 Å². The number of benzene rings is 3. The molecule has 3 rings (SSSR count). The quantitative estimate of drug-likeness (QED) is 0.594. The summed E-state index contributed by atoms with van der Waals surface area (Å²) < 4.78 is 11.4. The minimum atomic E-state index is -0.246. The lowest BCUT2D eigenvalue weighted by molar-refractivity contribution is 0.102. The average molecular weight is 368 g/mol. The van der Waals surface area contributed by atoms with Crippen LogP contribution in [-0.2, 0) is 0 Å². The van der Waals surface area contributed by atoms with Crippen LogP contribution < -0.4 is 14.8 Å². The van der Waals surface area contributed by atoms with Gasteiger partial charge in [0.1, 0.15) is 24.7 Å². The van der Waals surface area contributed by atoms with Crippen LogP contribution in [0.15, 0.2) is 78.9 Å². The molecule has 1 N–H and O–H groups in total. The molecule has 0 unspecified atom stereocenters. The lowest BCUT2D eigenvalue weighted by Gasteiger charge is -2.13. The summed E-state index contributed by atoms with van der Waals surface area (Å²) in [6.07, 6.45) is 0. The number of carbonyl (C=O) groups excluding carboxylic acids is 1. The van der Waals surface area contributed by atoms with Gasteiger partial charge >= 0.3 is 0 Å². The van der Waals surface area contributed by atoms with Gasteiger partial charge in [0.15, 0.2) is 0 Å². The predicted octanol–water partition coefficient (Wildman–Crippen LogP) is 5.05. The summed E-state index contributed by atoms with van der Waals surface area (Å²) in [5, 5.41) is 3.36. The second-order valence-corrected chi connectivity index (χ2v) is 5.91. The first kappa shape index (κ1) is 17.8. The van der Waals surface area contributed by atoms with Crippen LogP contribution >= 0.6 is 11.6 Å². The number of anilines is 1. The van der Waals surface area contributed by atoms with E-state index in [4.69, 9.17) is 21.1 Å². The molecule has 26 heavy (non-hydrogen) atoms. The first-order chi connectivity index (χ1) is 12.7. The minimum Gasteiger partial charge on any atom is -0.490 e. The highest BCUT2D eigenvalue weighted by atomic mass is 35.5. The van der Waals surface area contributed by atoms with Crippen LogP contribution in [0, 0.1) is 0 Å². The van der Waals surface area contributed by atoms with Crippen molar-refractivity contribution >= 4 is 23.2 Å². The van der Waals surface area contributed by atoms with Crippen molar-refractivity contribution in [1.29, 1.82) is 0 Å². The normalized spacial score (nSPS) is 10.2. The molecular formula is C21H18ClNO3. The molecule has 0 bridgehead atoms. The zero-order valence-corrected chi connectivity index (χ0v) is 14.8. The van der Waals surface area contributed by atoms with E-state index in [9.17, 15) is 4.79 Å². The van der Waals surface area contributed by atoms with Crippen molar-refractivity contribution in [2.45, 2.75) is 0 Å². The SMILES string of the molecule is O=C(Nc1ccccc1OCCOc1ccccc1)c1cccc(Cl)c1. The van der Waals surface area contributed by atoms with Crippen molar-refractivity contribution in [3.05, 3.63) is 89.4 Å². The number of carbonyl (C=O) groups is 1. The molecule has 0 radical (unpaired) electrons. The molecule has 5 heteroatoms. The van der Waals surface area contributed by atoms with Gasteiger partial charge in [-0.05, 0) is 42.5 Å². The maximum Gasteiger partial charge on any atom is 0.255 e. The fraction of sp³-hybridized carbons (Fsp3) is 0.0952. The van der Waals surface area contributed by atoms with Crippen molar-refractivity contribution in [2.24, 2.45) is 0 Å². The van der Waals surface area contributed by atoms with Crippen molar-refractivity contribution in [3.63, 3.8) is 0 Å². The maximum atomic E-state index is 12.4. The average Bonchev–Trinajstić information content (AvgIpc) is 2.67. The second-order valence-electron chi connectivity index (χ2n) is 5.47. The van der Waals surface area contributed by atoms with Crippen LogP contribution in [0.1, 0.15) is 10.4 Å². The van der Waals surface area contributed by atoms with Gasteiger partial charge in [0, 0.05) is 10.6 Å². The fourth-order valence-electron chi connectivity index (χ4n) is 2.35. The van der Waals surface area contributed by atoms with Crippen molar-refractivity contribution in [3.8, 4) is 11.5 Å². The van der Waals surface area contributed by atoms with Crippen LogP contribution in [0.2, 0.25) is 5.02 Å². The zero-order chi connectivity index (χ0) is 18.2. The molecule has 0 atom stereocenters. The van der Waals surface area contributed by atoms with E-state index < -0.39 is 0 Å². The molecule has 132 valence electrons. The van der Waals surface area contributed by atoms with Gasteiger partial charge in [-0.2, -0.15) is 0 Å². The Balaban J connectivity index is 1.58. The van der Waals surface area contributed by atoms with E-state index in [0.717, 1.165) is 5.75 Å². The summed E-state index contributed by atoms with van der Waals surface area (Å²) in [6.45, 7) is 0.763. The molecule has 0 saturated carbocycles. The van der Waals surface area contributed by atoms with Gasteiger partial charge < -0.3 is 14.8 Å². The number of halogens is 1. The molecular weight excluding hydrogens is 350 g/mol. The predicted molar refractivity (Wildman–Crippen MR) is 103 cm³/mol. The van der Waals surface area contributed by atoms with Crippen molar-refractivity contribution < 1.29 is 14.3 Å². The Bertz CT molecular complexity index is 868. The Kier molecular flexibility index (Phi) is 6.12. The third-order valence-corrected chi connectivity index (χ3v) is 3.81. The Labute approximate surface area is 157 Å². The van der Waals surface area contributed by atoms with Gasteiger partial charge in [0.25, 0.3) is 5.91 Å². The highest BCUT2D eigenvalue weighted by molar-refractivity contribution is 6.31. The van der Waals surface area contributed by atoms with Crippen LogP contribution in [0.4, 0.5) is 5.69 Å². The van der Waals surface area contributed by atoms with E-state index in [2.05, 4.69) is 5.32 Å². The number of rotatable bonds is 7. The highest BCUT2D eigenvalue weighted by Crippen LogP contribution is 2.24. The minimum absolute atomic E-state index is 0.246. The number of para-hydroxylation sites is 3. The Morgan fingerprint density at radius 3 is 2.38 bits per heavy atom. The molecule has 0 spiro atoms. The van der Waals surface area contributed by atoms with Crippen LogP contribution in [0.5, 0.6) is 11.5 Å². The zero-order valence-electron chi connectivity index (χ0n) is 14.0. The molecule has 0 fully saturated rings. The Morgan fingerprint density at radius 2 is 1.58 bits per heavy atom. The second kappa shape index (κ2) is 8.92. The molecule has 0 aromatic heterocycles. The van der Waals surface area contributed by atoms with Crippen molar-refractivity contribution in [2.75, 3.05) is 18.5 Å². The molecule has 3 aromatic carbocycles. The van der Waals surface area contributed by atoms with Crippen LogP contribution in [-0.4, -0.2) is 19.1 Å². The highest BCUT2D eigenvalue weighted by Gasteiger charge is 2.10. The lowest BCUT2D eigenvalue weighted by atomic mass is 10.2. The van der Waals surface area contributed by atoms with Crippen LogP contribution in [0.3, 0.4) is 0 Å². The lowest BCUT2D eigenvalue weighted by Crippen LogP contribution is -2.14. The largest absolute Gasteiger partial charge is 0.490 e. The third-order valence-electron chi connectivity index (χ3n) is 3.57. The first-order valence-electron chi connectivity index (χ1n) is 8.19. The Morgan fingerprint density at radius 1 is 0.846 bits per heavy atom. The maximum absolute atomic E-state index is 12.4. The van der Waals surface area contributed by atoms with Gasteiger partial charge in [-0.1, -0.05) is 48.0 Å². The van der Waals surface area contributed by atoms with E-state index in [-0.39, 0.29) is 5.91 Å². The fourth-order valence-corrected chi connectivity index (χ4v) is 2.54. The summed E-state index contributed by atoms with van der Waals surface area (Å²) in [5.74, 6) is 1.13. The van der Waals surface area contributed by atoms with E-state index in [1.54, 1.807) is 36.4 Å². The molecule has 0 aliphatic heterocycles. The summed E-state index contributed by atoms with van der Waals surface area (Å²) in [5.41, 5.74) is 1.08. The van der Waals surface area contributed by atoms with Gasteiger partial charge in [-0.3, -0.25) is 4.79 Å². The van der Waals surface area contributed by atoms with E-state index in [1.807, 2.05) is 42.5 Å². The molecule has 1 amide bonds. The van der Waals surface area contributed by atoms with Gasteiger partial charge in [0.2, 0.25) is 0 Å². The van der Waals surface area contributed by atoms with E-state index in [1.165, 1.54) is 0 Å². The first-order valence-corrected chi connectivity index (χ1v) is 8.57. The molecule has 0 aliphatic carbocycles. The number of hydrogen-bond donors (Lipinski definition) is 1. The summed E-state index contributed by atoms with van der Waals surface area (Å²) in [6, 6.07) is 23.6. The van der Waals surface area contributed by atoms with Gasteiger partial charge in [0.05, 0.1) is 5.69 Å². The third kappa shape index (κ3) is 5.01. The summed E-state index contributed by atoms with van der Waals surface area (Å²) in [4.78, 5) is 12.4. The Hall–Kier alpha value is -2.98. The molecule has 3 aromatic rings. The number of nitrogens with one attached hydrogen (secondary N) is 1. The smallest absolute Gasteiger partial charge is 0.255 e. The van der Waals surface area contributed by atoms with Crippen molar-refractivity contribution in [1.82, 2.24) is 0 Å². The summed E-state index contributed by atoms with van der Waals surface area (Å²) >= 11 is 5.94. The van der Waals surface area contributed by atoms with Gasteiger partial charge in [-0.25, -0.2) is 0 Å². The number of hydrogen-bond acceptors (Lipinski definition) is 3. The molecule has 0 heterocycles. The van der Waals surface area contributed by atoms with Crippen LogP contribution in [0.25, 0.3) is 0 Å².